The lowest BCUT2D eigenvalue weighted by Gasteiger charge is -2.45. The SMILES string of the molecule is C=CC[C@@H]1O[C@@H]2CO[C@@H](c3ccccc3)O[C@H]2C[C@H]1OC(=C)OP(=O)(Oc1ccccc1)Oc1ccccc1. The quantitative estimate of drug-likeness (QED) is 0.144. The monoisotopic (exact) mass is 550 g/mol. The third kappa shape index (κ3) is 7.11. The molecule has 0 unspecified atom stereocenters. The highest BCUT2D eigenvalue weighted by molar-refractivity contribution is 7.49. The van der Waals surface area contributed by atoms with Gasteiger partial charge in [-0.1, -0.05) is 72.8 Å². The number of benzene rings is 3. The molecule has 5 rings (SSSR count). The van der Waals surface area contributed by atoms with E-state index >= 15 is 0 Å². The summed E-state index contributed by atoms with van der Waals surface area (Å²) in [6.07, 6.45) is 0.787. The van der Waals surface area contributed by atoms with Crippen molar-refractivity contribution in [3.63, 3.8) is 0 Å². The fourth-order valence-corrected chi connectivity index (χ4v) is 5.64. The van der Waals surface area contributed by atoms with Crippen molar-refractivity contribution in [2.24, 2.45) is 0 Å². The van der Waals surface area contributed by atoms with Gasteiger partial charge in [-0.2, -0.15) is 4.57 Å². The van der Waals surface area contributed by atoms with Crippen molar-refractivity contribution < 1.29 is 37.1 Å². The summed E-state index contributed by atoms with van der Waals surface area (Å²) < 4.78 is 55.3. The molecule has 0 spiro atoms. The molecule has 0 aliphatic carbocycles. The van der Waals surface area contributed by atoms with E-state index in [0.29, 0.717) is 30.9 Å². The first-order valence-corrected chi connectivity index (χ1v) is 14.2. The zero-order valence-electron chi connectivity index (χ0n) is 21.4. The van der Waals surface area contributed by atoms with Crippen LogP contribution in [0.3, 0.4) is 0 Å². The van der Waals surface area contributed by atoms with Gasteiger partial charge in [0.1, 0.15) is 23.7 Å². The molecule has 0 radical (unpaired) electrons. The number of phosphoric acid groups is 1. The molecule has 3 aromatic carbocycles. The van der Waals surface area contributed by atoms with E-state index in [-0.39, 0.29) is 24.3 Å². The summed E-state index contributed by atoms with van der Waals surface area (Å²) in [6.45, 7) is 8.08. The molecule has 39 heavy (non-hydrogen) atoms. The Balaban J connectivity index is 1.29. The van der Waals surface area contributed by atoms with E-state index in [0.717, 1.165) is 5.56 Å². The number of rotatable bonds is 11. The highest BCUT2D eigenvalue weighted by Crippen LogP contribution is 2.51. The van der Waals surface area contributed by atoms with Crippen molar-refractivity contribution in [2.75, 3.05) is 6.61 Å². The largest absolute Gasteiger partial charge is 0.649 e. The molecular weight excluding hydrogens is 519 g/mol. The third-order valence-electron chi connectivity index (χ3n) is 6.24. The summed E-state index contributed by atoms with van der Waals surface area (Å²) in [4.78, 5) is 0. The fraction of sp³-hybridized carbons (Fsp3) is 0.267. The molecule has 9 heteroatoms. The van der Waals surface area contributed by atoms with E-state index in [9.17, 15) is 4.57 Å². The van der Waals surface area contributed by atoms with Crippen LogP contribution in [-0.4, -0.2) is 31.0 Å². The van der Waals surface area contributed by atoms with Crippen LogP contribution in [0.2, 0.25) is 0 Å². The summed E-state index contributed by atoms with van der Waals surface area (Å²) in [5.74, 6) is 0.388. The minimum Gasteiger partial charge on any atom is -0.459 e. The van der Waals surface area contributed by atoms with E-state index in [4.69, 9.17) is 32.5 Å². The van der Waals surface area contributed by atoms with Gasteiger partial charge in [-0.3, -0.25) is 0 Å². The second-order valence-electron chi connectivity index (χ2n) is 9.10. The lowest BCUT2D eigenvalue weighted by molar-refractivity contribution is -0.303. The normalized spacial score (nSPS) is 24.6. The Morgan fingerprint density at radius 1 is 0.872 bits per heavy atom. The lowest BCUT2D eigenvalue weighted by Crippen LogP contribution is -2.53. The van der Waals surface area contributed by atoms with Gasteiger partial charge in [0.05, 0.1) is 18.8 Å². The van der Waals surface area contributed by atoms with E-state index in [2.05, 4.69) is 13.2 Å². The van der Waals surface area contributed by atoms with Crippen LogP contribution in [0.25, 0.3) is 0 Å². The van der Waals surface area contributed by atoms with Gasteiger partial charge < -0.3 is 32.5 Å². The highest BCUT2D eigenvalue weighted by atomic mass is 31.2. The molecular formula is C30H31O8P. The average molecular weight is 551 g/mol. The minimum absolute atomic E-state index is 0.224. The van der Waals surface area contributed by atoms with Crippen LogP contribution >= 0.6 is 7.82 Å². The van der Waals surface area contributed by atoms with Gasteiger partial charge in [0.25, 0.3) is 5.95 Å². The van der Waals surface area contributed by atoms with Crippen molar-refractivity contribution in [3.8, 4) is 11.5 Å². The molecule has 2 aliphatic heterocycles. The molecule has 5 atom stereocenters. The Morgan fingerprint density at radius 3 is 2.05 bits per heavy atom. The second-order valence-corrected chi connectivity index (χ2v) is 10.5. The Bertz CT molecular complexity index is 1220. The third-order valence-corrected chi connectivity index (χ3v) is 7.54. The zero-order chi connectivity index (χ0) is 27.1. The maximum atomic E-state index is 13.7. The minimum atomic E-state index is -4.24. The van der Waals surface area contributed by atoms with Gasteiger partial charge in [0, 0.05) is 12.0 Å². The fourth-order valence-electron chi connectivity index (χ4n) is 4.47. The number of fused-ring (bicyclic) bond motifs is 1. The van der Waals surface area contributed by atoms with Gasteiger partial charge in [0.2, 0.25) is 0 Å². The van der Waals surface area contributed by atoms with Crippen LogP contribution in [0.1, 0.15) is 24.7 Å². The standard InChI is InChI=1S/C30H31O8P/c1-3-13-26-27(20-28-29(34-26)21-32-30(35-28)23-14-7-4-8-15-23)33-22(2)36-39(31,37-24-16-9-5-10-17-24)38-25-18-11-6-12-19-25/h3-12,14-19,26-30H,1-2,13,20-21H2/t26-,27+,28-,29+,30+/m0/s1. The molecule has 2 saturated heterocycles. The predicted molar refractivity (Wildman–Crippen MR) is 145 cm³/mol. The highest BCUT2D eigenvalue weighted by Gasteiger charge is 2.44. The van der Waals surface area contributed by atoms with E-state index in [1.54, 1.807) is 54.6 Å². The molecule has 0 bridgehead atoms. The summed E-state index contributed by atoms with van der Waals surface area (Å²) in [5.41, 5.74) is 0.923. The first-order chi connectivity index (χ1) is 19.0. The Kier molecular flexibility index (Phi) is 8.69. The van der Waals surface area contributed by atoms with Gasteiger partial charge in [-0.25, -0.2) is 0 Å². The van der Waals surface area contributed by atoms with Gasteiger partial charge >= 0.3 is 7.82 Å². The van der Waals surface area contributed by atoms with E-state index in [1.165, 1.54) is 0 Å². The number of hydrogen-bond acceptors (Lipinski definition) is 8. The van der Waals surface area contributed by atoms with Crippen LogP contribution in [0.15, 0.2) is 116 Å². The Morgan fingerprint density at radius 2 is 1.46 bits per heavy atom. The maximum Gasteiger partial charge on any atom is 0.649 e. The van der Waals surface area contributed by atoms with Crippen molar-refractivity contribution in [2.45, 2.75) is 43.5 Å². The number of ether oxygens (including phenoxy) is 4. The van der Waals surface area contributed by atoms with E-state index in [1.807, 2.05) is 42.5 Å². The number of hydrogen-bond donors (Lipinski definition) is 0. The average Bonchev–Trinajstić information content (AvgIpc) is 2.94. The van der Waals surface area contributed by atoms with Gasteiger partial charge in [-0.15, -0.1) is 6.58 Å². The Labute approximate surface area is 228 Å². The summed E-state index contributed by atoms with van der Waals surface area (Å²) in [7, 11) is -4.24. The van der Waals surface area contributed by atoms with Crippen LogP contribution in [-0.2, 0) is 28.0 Å². The second kappa shape index (κ2) is 12.5. The van der Waals surface area contributed by atoms with Crippen molar-refractivity contribution in [3.05, 3.63) is 122 Å². The molecule has 0 N–H and O–H groups in total. The summed E-state index contributed by atoms with van der Waals surface area (Å²) >= 11 is 0. The van der Waals surface area contributed by atoms with Crippen LogP contribution in [0.4, 0.5) is 0 Å². The molecule has 2 aliphatic rings. The molecule has 0 aromatic heterocycles. The predicted octanol–water partition coefficient (Wildman–Crippen LogP) is 6.97. The lowest BCUT2D eigenvalue weighted by atomic mass is 9.95. The molecule has 0 saturated carbocycles. The number of para-hydroxylation sites is 2. The number of phosphoric ester groups is 1. The smallest absolute Gasteiger partial charge is 0.459 e. The summed E-state index contributed by atoms with van der Waals surface area (Å²) in [6, 6.07) is 26.9. The topological polar surface area (TPSA) is 81.7 Å². The van der Waals surface area contributed by atoms with Gasteiger partial charge in [-0.05, 0) is 37.3 Å². The van der Waals surface area contributed by atoms with Crippen LogP contribution in [0.5, 0.6) is 11.5 Å². The van der Waals surface area contributed by atoms with Crippen molar-refractivity contribution >= 4 is 7.82 Å². The van der Waals surface area contributed by atoms with Crippen molar-refractivity contribution in [1.82, 2.24) is 0 Å². The molecule has 204 valence electrons. The summed E-state index contributed by atoms with van der Waals surface area (Å²) in [5, 5.41) is 0. The zero-order valence-corrected chi connectivity index (χ0v) is 22.3. The molecule has 2 heterocycles. The molecule has 0 amide bonds. The van der Waals surface area contributed by atoms with Gasteiger partial charge in [0.15, 0.2) is 6.29 Å². The van der Waals surface area contributed by atoms with Crippen LogP contribution in [0, 0.1) is 0 Å². The first-order valence-electron chi connectivity index (χ1n) is 12.7. The first kappa shape index (κ1) is 27.0. The Hall–Kier alpha value is -3.55. The van der Waals surface area contributed by atoms with E-state index < -0.39 is 20.2 Å². The van der Waals surface area contributed by atoms with Crippen LogP contribution < -0.4 is 9.05 Å². The maximum absolute atomic E-state index is 13.7. The van der Waals surface area contributed by atoms with Crippen molar-refractivity contribution in [1.29, 1.82) is 0 Å². The molecule has 2 fully saturated rings. The molecule has 3 aromatic rings. The molecule has 8 nitrogen and oxygen atoms in total.